The Kier molecular flexibility index (Phi) is 8.24. The lowest BCUT2D eigenvalue weighted by Crippen LogP contribution is -2.35. The first-order chi connectivity index (χ1) is 15.9. The van der Waals surface area contributed by atoms with E-state index in [0.29, 0.717) is 5.92 Å². The van der Waals surface area contributed by atoms with Crippen molar-refractivity contribution in [1.82, 2.24) is 0 Å². The van der Waals surface area contributed by atoms with Gasteiger partial charge in [0.1, 0.15) is 5.75 Å². The van der Waals surface area contributed by atoms with Crippen LogP contribution in [-0.2, 0) is 4.79 Å². The molecule has 4 rings (SSSR count). The van der Waals surface area contributed by atoms with Crippen molar-refractivity contribution >= 4 is 5.97 Å². The fourth-order valence-corrected chi connectivity index (χ4v) is 6.88. The molecular formula is C27H37F3O3. The van der Waals surface area contributed by atoms with Gasteiger partial charge in [0.25, 0.3) is 0 Å². The number of esters is 1. The molecule has 0 radical (unpaired) electrons. The Bertz CT molecular complexity index is 791. The van der Waals surface area contributed by atoms with Gasteiger partial charge in [0.05, 0.1) is 5.92 Å². The van der Waals surface area contributed by atoms with E-state index in [4.69, 9.17) is 4.74 Å². The van der Waals surface area contributed by atoms with E-state index in [0.717, 1.165) is 61.5 Å². The van der Waals surface area contributed by atoms with Crippen molar-refractivity contribution in [2.75, 3.05) is 0 Å². The number of hydrogen-bond donors (Lipinski definition) is 0. The lowest BCUT2D eigenvalue weighted by molar-refractivity contribution is -0.140. The predicted molar refractivity (Wildman–Crippen MR) is 121 cm³/mol. The van der Waals surface area contributed by atoms with Crippen LogP contribution in [-0.4, -0.2) is 12.6 Å². The average molecular weight is 467 g/mol. The molecule has 1 aromatic rings. The Labute approximate surface area is 195 Å². The second-order valence-corrected chi connectivity index (χ2v) is 10.6. The van der Waals surface area contributed by atoms with Crippen molar-refractivity contribution in [2.45, 2.75) is 90.6 Å². The third kappa shape index (κ3) is 6.24. The summed E-state index contributed by atoms with van der Waals surface area (Å²) in [4.78, 5) is 12.6. The zero-order chi connectivity index (χ0) is 23.4. The molecule has 0 bridgehead atoms. The van der Waals surface area contributed by atoms with Crippen LogP contribution in [0, 0.1) is 41.3 Å². The van der Waals surface area contributed by atoms with Crippen molar-refractivity contribution in [1.29, 1.82) is 0 Å². The second-order valence-electron chi connectivity index (χ2n) is 10.6. The molecular weight excluding hydrogens is 429 g/mol. The minimum absolute atomic E-state index is 0.0261. The number of carbonyl (C=O) groups excluding carboxylic acids is 1. The van der Waals surface area contributed by atoms with Gasteiger partial charge in [0.15, 0.2) is 11.6 Å². The molecule has 0 spiro atoms. The van der Waals surface area contributed by atoms with E-state index in [1.807, 2.05) is 0 Å². The number of benzene rings is 1. The number of carbonyl (C=O) groups is 1. The number of hydrogen-bond acceptors (Lipinski definition) is 3. The largest absolute Gasteiger partial charge is 0.432 e. The molecule has 3 saturated carbocycles. The van der Waals surface area contributed by atoms with Gasteiger partial charge in [-0.05, 0) is 99.5 Å². The van der Waals surface area contributed by atoms with Crippen LogP contribution in [0.2, 0.25) is 0 Å². The summed E-state index contributed by atoms with van der Waals surface area (Å²) in [6.45, 7) is -0.802. The molecule has 0 N–H and O–H groups in total. The van der Waals surface area contributed by atoms with Gasteiger partial charge < -0.3 is 9.47 Å². The number of ether oxygens (including phenoxy) is 2. The van der Waals surface area contributed by atoms with Gasteiger partial charge >= 0.3 is 12.6 Å². The summed E-state index contributed by atoms with van der Waals surface area (Å²) < 4.78 is 47.9. The van der Waals surface area contributed by atoms with E-state index in [1.54, 1.807) is 0 Å². The predicted octanol–water partition coefficient (Wildman–Crippen LogP) is 7.77. The second kappa shape index (κ2) is 11.1. The molecule has 0 aliphatic heterocycles. The van der Waals surface area contributed by atoms with E-state index in [-0.39, 0.29) is 17.6 Å². The molecule has 0 saturated heterocycles. The summed E-state index contributed by atoms with van der Waals surface area (Å²) in [5, 5.41) is 0. The monoisotopic (exact) mass is 466 g/mol. The van der Waals surface area contributed by atoms with Crippen molar-refractivity contribution in [2.24, 2.45) is 35.5 Å². The van der Waals surface area contributed by atoms with Crippen molar-refractivity contribution in [3.8, 4) is 11.5 Å². The number of alkyl halides is 2. The summed E-state index contributed by atoms with van der Waals surface area (Å²) >= 11 is 0. The van der Waals surface area contributed by atoms with E-state index in [9.17, 15) is 18.0 Å². The highest BCUT2D eigenvalue weighted by Crippen LogP contribution is 2.49. The van der Waals surface area contributed by atoms with Crippen molar-refractivity contribution in [3.63, 3.8) is 0 Å². The van der Waals surface area contributed by atoms with Crippen LogP contribution in [0.5, 0.6) is 11.5 Å². The average Bonchev–Trinajstić information content (AvgIpc) is 2.80. The fraction of sp³-hybridized carbons (Fsp3) is 0.741. The molecule has 0 aromatic heterocycles. The van der Waals surface area contributed by atoms with Crippen LogP contribution in [0.25, 0.3) is 0 Å². The quantitative estimate of drug-likeness (QED) is 0.304. The molecule has 4 atom stereocenters. The summed E-state index contributed by atoms with van der Waals surface area (Å²) in [5.41, 5.74) is 0. The Morgan fingerprint density at radius 2 is 1.58 bits per heavy atom. The third-order valence-electron chi connectivity index (χ3n) is 8.57. The fourth-order valence-electron chi connectivity index (χ4n) is 6.88. The molecule has 33 heavy (non-hydrogen) atoms. The number of fused-ring (bicyclic) bond motifs is 1. The lowest BCUT2D eigenvalue weighted by atomic mass is 9.60. The van der Waals surface area contributed by atoms with E-state index >= 15 is 0 Å². The van der Waals surface area contributed by atoms with Crippen LogP contribution < -0.4 is 9.47 Å². The Balaban J connectivity index is 1.23. The molecule has 0 amide bonds. The molecule has 4 unspecified atom stereocenters. The first-order valence-electron chi connectivity index (χ1n) is 12.9. The van der Waals surface area contributed by atoms with E-state index in [2.05, 4.69) is 11.7 Å². The Hall–Kier alpha value is -1.72. The van der Waals surface area contributed by atoms with Gasteiger partial charge in [-0.25, -0.2) is 4.39 Å². The molecule has 184 valence electrons. The standard InChI is InChI=1S/C27H37F3O3/c1-2-3-17-4-5-22-15-21(11-10-20(22)14-17)18-6-8-19(9-7-18)26(31)32-23-12-13-25(24(28)16-23)33-27(29)30/h12-13,16-22,27H,2-11,14-15H2,1H3. The normalized spacial score (nSPS) is 32.3. The van der Waals surface area contributed by atoms with Crippen LogP contribution in [0.15, 0.2) is 18.2 Å². The minimum Gasteiger partial charge on any atom is -0.432 e. The SMILES string of the molecule is CCCC1CCC2CC(C3CCC(C(=O)Oc4ccc(OC(F)F)c(F)c4)CC3)CCC2C1. The highest BCUT2D eigenvalue weighted by atomic mass is 19.3. The van der Waals surface area contributed by atoms with Gasteiger partial charge in [-0.3, -0.25) is 4.79 Å². The van der Waals surface area contributed by atoms with Gasteiger partial charge in [0, 0.05) is 6.07 Å². The summed E-state index contributed by atoms with van der Waals surface area (Å²) in [6, 6.07) is 3.28. The first kappa shape index (κ1) is 24.4. The molecule has 3 aliphatic carbocycles. The van der Waals surface area contributed by atoms with Crippen LogP contribution in [0.1, 0.15) is 84.0 Å². The topological polar surface area (TPSA) is 35.5 Å². The van der Waals surface area contributed by atoms with Crippen molar-refractivity contribution in [3.05, 3.63) is 24.0 Å². The van der Waals surface area contributed by atoms with Crippen LogP contribution >= 0.6 is 0 Å². The molecule has 3 aliphatic rings. The maximum Gasteiger partial charge on any atom is 0.387 e. The summed E-state index contributed by atoms with van der Waals surface area (Å²) in [5.74, 6) is 2.27. The highest BCUT2D eigenvalue weighted by molar-refractivity contribution is 5.75. The smallest absolute Gasteiger partial charge is 0.387 e. The summed E-state index contributed by atoms with van der Waals surface area (Å²) in [6.07, 6.45) is 14.8. The Morgan fingerprint density at radius 3 is 2.24 bits per heavy atom. The highest BCUT2D eigenvalue weighted by Gasteiger charge is 2.39. The van der Waals surface area contributed by atoms with Crippen molar-refractivity contribution < 1.29 is 27.4 Å². The van der Waals surface area contributed by atoms with Gasteiger partial charge in [-0.1, -0.05) is 26.2 Å². The number of halogens is 3. The van der Waals surface area contributed by atoms with Gasteiger partial charge in [-0.2, -0.15) is 8.78 Å². The maximum absolute atomic E-state index is 13.9. The lowest BCUT2D eigenvalue weighted by Gasteiger charge is -2.45. The summed E-state index contributed by atoms with van der Waals surface area (Å²) in [7, 11) is 0. The number of rotatable bonds is 7. The van der Waals surface area contributed by atoms with Crippen LogP contribution in [0.3, 0.4) is 0 Å². The molecule has 0 heterocycles. The maximum atomic E-state index is 13.9. The zero-order valence-corrected chi connectivity index (χ0v) is 19.6. The molecule has 3 nitrogen and oxygen atoms in total. The van der Waals surface area contributed by atoms with Gasteiger partial charge in [-0.15, -0.1) is 0 Å². The van der Waals surface area contributed by atoms with E-state index in [1.165, 1.54) is 57.4 Å². The van der Waals surface area contributed by atoms with Gasteiger partial charge in [0.2, 0.25) is 0 Å². The molecule has 1 aromatic carbocycles. The van der Waals surface area contributed by atoms with Crippen LogP contribution in [0.4, 0.5) is 13.2 Å². The zero-order valence-electron chi connectivity index (χ0n) is 19.6. The van der Waals surface area contributed by atoms with E-state index < -0.39 is 18.2 Å². The first-order valence-corrected chi connectivity index (χ1v) is 12.9. The Morgan fingerprint density at radius 1 is 0.939 bits per heavy atom. The third-order valence-corrected chi connectivity index (χ3v) is 8.57. The minimum atomic E-state index is -3.10. The molecule has 3 fully saturated rings. The molecule has 6 heteroatoms.